The zero-order valence-corrected chi connectivity index (χ0v) is 26.6. The lowest BCUT2D eigenvalue weighted by molar-refractivity contribution is -0.139. The van der Waals surface area contributed by atoms with E-state index in [0.717, 1.165) is 9.87 Å². The molecule has 1 atom stereocenters. The Bertz CT molecular complexity index is 1450. The highest BCUT2D eigenvalue weighted by Crippen LogP contribution is 2.29. The summed E-state index contributed by atoms with van der Waals surface area (Å²) in [5.74, 6) is -0.774. The summed E-state index contributed by atoms with van der Waals surface area (Å²) in [6.45, 7) is 7.14. The van der Waals surface area contributed by atoms with Gasteiger partial charge in [-0.2, -0.15) is 0 Å². The Morgan fingerprint density at radius 3 is 2.12 bits per heavy atom. The molecule has 214 valence electrons. The average Bonchev–Trinajstić information content (AvgIpc) is 2.89. The van der Waals surface area contributed by atoms with Crippen LogP contribution in [-0.2, 0) is 26.2 Å². The van der Waals surface area contributed by atoms with Crippen LogP contribution in [0.4, 0.5) is 5.69 Å². The molecule has 0 bridgehead atoms. The molecule has 2 amide bonds. The average molecular weight is 669 g/mol. The number of carbonyl (C=O) groups excluding carboxylic acids is 2. The van der Waals surface area contributed by atoms with E-state index in [0.29, 0.717) is 26.6 Å². The lowest BCUT2D eigenvalue weighted by Gasteiger charge is -2.32. The van der Waals surface area contributed by atoms with Crippen molar-refractivity contribution in [2.75, 3.05) is 17.4 Å². The molecule has 1 N–H and O–H groups in total. The quantitative estimate of drug-likeness (QED) is 0.255. The zero-order valence-electron chi connectivity index (χ0n) is 22.7. The van der Waals surface area contributed by atoms with Gasteiger partial charge in [-0.1, -0.05) is 82.8 Å². The van der Waals surface area contributed by atoms with Gasteiger partial charge in [0.1, 0.15) is 12.6 Å². The summed E-state index contributed by atoms with van der Waals surface area (Å²) in [6.07, 6.45) is 0. The number of nitrogens with zero attached hydrogens (tertiary/aromatic N) is 2. The van der Waals surface area contributed by atoms with Crippen molar-refractivity contribution in [3.63, 3.8) is 0 Å². The van der Waals surface area contributed by atoms with Gasteiger partial charge in [0.05, 0.1) is 10.6 Å². The Hall–Kier alpha value is -2.59. The van der Waals surface area contributed by atoms with Crippen LogP contribution < -0.4 is 9.62 Å². The Labute approximate surface area is 254 Å². The van der Waals surface area contributed by atoms with Crippen LogP contribution in [0.15, 0.2) is 76.1 Å². The fourth-order valence-corrected chi connectivity index (χ4v) is 6.20. The van der Waals surface area contributed by atoms with Crippen molar-refractivity contribution in [1.82, 2.24) is 10.2 Å². The molecule has 0 aliphatic carbocycles. The van der Waals surface area contributed by atoms with Gasteiger partial charge in [0.15, 0.2) is 0 Å². The van der Waals surface area contributed by atoms with E-state index in [4.69, 9.17) is 23.2 Å². The minimum absolute atomic E-state index is 0.0364. The first kappa shape index (κ1) is 31.9. The molecule has 0 saturated carbocycles. The minimum atomic E-state index is -4.16. The van der Waals surface area contributed by atoms with Gasteiger partial charge in [0.2, 0.25) is 11.8 Å². The predicted octanol–water partition coefficient (Wildman–Crippen LogP) is 6.45. The van der Waals surface area contributed by atoms with E-state index >= 15 is 0 Å². The monoisotopic (exact) mass is 667 g/mol. The predicted molar refractivity (Wildman–Crippen MR) is 164 cm³/mol. The highest BCUT2D eigenvalue weighted by atomic mass is 79.9. The largest absolute Gasteiger partial charge is 0.354 e. The number of nitrogens with one attached hydrogen (secondary N) is 1. The minimum Gasteiger partial charge on any atom is -0.354 e. The summed E-state index contributed by atoms with van der Waals surface area (Å²) in [4.78, 5) is 28.4. The molecule has 0 unspecified atom stereocenters. The lowest BCUT2D eigenvalue weighted by atomic mass is 10.1. The molecule has 40 heavy (non-hydrogen) atoms. The summed E-state index contributed by atoms with van der Waals surface area (Å²) in [5.41, 5.74) is 1.64. The molecule has 3 rings (SSSR count). The molecule has 0 heterocycles. The van der Waals surface area contributed by atoms with Gasteiger partial charge in [-0.15, -0.1) is 0 Å². The van der Waals surface area contributed by atoms with Gasteiger partial charge in [0.25, 0.3) is 10.0 Å². The lowest BCUT2D eigenvalue weighted by Crippen LogP contribution is -2.51. The second-order valence-corrected chi connectivity index (χ2v) is 13.4. The summed E-state index contributed by atoms with van der Waals surface area (Å²) in [6, 6.07) is 17.1. The molecule has 3 aromatic carbocycles. The van der Waals surface area contributed by atoms with E-state index in [9.17, 15) is 18.0 Å². The third-order valence-electron chi connectivity index (χ3n) is 6.23. The molecule has 0 aliphatic heterocycles. The maximum atomic E-state index is 14.0. The van der Waals surface area contributed by atoms with Crippen LogP contribution in [0.1, 0.15) is 31.9 Å². The maximum absolute atomic E-state index is 14.0. The van der Waals surface area contributed by atoms with E-state index in [1.807, 2.05) is 20.8 Å². The second kappa shape index (κ2) is 13.9. The van der Waals surface area contributed by atoms with Gasteiger partial charge in [-0.05, 0) is 62.2 Å². The van der Waals surface area contributed by atoms with Gasteiger partial charge < -0.3 is 10.2 Å². The van der Waals surface area contributed by atoms with Crippen LogP contribution in [-0.4, -0.2) is 44.3 Å². The first-order valence-corrected chi connectivity index (χ1v) is 15.6. The van der Waals surface area contributed by atoms with Crippen molar-refractivity contribution in [3.8, 4) is 0 Å². The Morgan fingerprint density at radius 2 is 1.55 bits per heavy atom. The normalized spacial score (nSPS) is 12.2. The van der Waals surface area contributed by atoms with Crippen molar-refractivity contribution in [3.05, 3.63) is 92.4 Å². The number of hydrogen-bond donors (Lipinski definition) is 1. The summed E-state index contributed by atoms with van der Waals surface area (Å²) in [5, 5.41) is 3.51. The molecule has 0 aromatic heterocycles. The van der Waals surface area contributed by atoms with Crippen molar-refractivity contribution < 1.29 is 18.0 Å². The molecule has 0 radical (unpaired) electrons. The van der Waals surface area contributed by atoms with Gasteiger partial charge in [0, 0.05) is 33.2 Å². The van der Waals surface area contributed by atoms with Gasteiger partial charge in [-0.3, -0.25) is 13.9 Å². The van der Waals surface area contributed by atoms with Crippen LogP contribution in [0.3, 0.4) is 0 Å². The van der Waals surface area contributed by atoms with E-state index in [1.54, 1.807) is 61.5 Å². The van der Waals surface area contributed by atoms with Crippen molar-refractivity contribution in [1.29, 1.82) is 0 Å². The number of sulfonamides is 1. The van der Waals surface area contributed by atoms with E-state index in [-0.39, 0.29) is 29.0 Å². The Morgan fingerprint density at radius 1 is 0.950 bits per heavy atom. The number of hydrogen-bond acceptors (Lipinski definition) is 4. The molecular formula is C29H32BrCl2N3O4S. The molecule has 3 aromatic rings. The summed E-state index contributed by atoms with van der Waals surface area (Å²) < 4.78 is 29.4. The molecular weight excluding hydrogens is 637 g/mol. The first-order chi connectivity index (χ1) is 18.8. The number of halogens is 3. The maximum Gasteiger partial charge on any atom is 0.264 e. The molecule has 0 saturated heterocycles. The van der Waals surface area contributed by atoms with Crippen molar-refractivity contribution in [2.45, 2.75) is 45.2 Å². The Balaban J connectivity index is 2.05. The second-order valence-electron chi connectivity index (χ2n) is 9.84. The number of rotatable bonds is 11. The number of amides is 2. The fraction of sp³-hybridized carbons (Fsp3) is 0.310. The SMILES string of the molecule is Cc1ccc(S(=O)(=O)N(CC(=O)N(Cc2c(Cl)cccc2Cl)[C@H](C)C(=O)NCC(C)C)c2cccc(Br)c2)cc1. The highest BCUT2D eigenvalue weighted by Gasteiger charge is 2.33. The number of benzene rings is 3. The van der Waals surface area contributed by atoms with Crippen molar-refractivity contribution >= 4 is 66.7 Å². The standard InChI is InChI=1S/C29H32BrCl2N3O4S/c1-19(2)16-33-29(37)21(4)34(17-25-26(31)9-6-10-27(25)32)28(36)18-35(23-8-5-7-22(30)15-23)40(38,39)24-13-11-20(3)12-14-24/h5-15,19,21H,16-18H2,1-4H3,(H,33,37)/t21-/m1/s1. The molecule has 11 heteroatoms. The molecule has 7 nitrogen and oxygen atoms in total. The third kappa shape index (κ3) is 8.00. The third-order valence-corrected chi connectivity index (χ3v) is 9.22. The van der Waals surface area contributed by atoms with Gasteiger partial charge >= 0.3 is 0 Å². The van der Waals surface area contributed by atoms with Crippen LogP contribution in [0.2, 0.25) is 10.0 Å². The van der Waals surface area contributed by atoms with Gasteiger partial charge in [-0.25, -0.2) is 8.42 Å². The highest BCUT2D eigenvalue weighted by molar-refractivity contribution is 9.10. The number of aryl methyl sites for hydroxylation is 1. The van der Waals surface area contributed by atoms with Crippen molar-refractivity contribution in [2.24, 2.45) is 5.92 Å². The van der Waals surface area contributed by atoms with Crippen LogP contribution >= 0.6 is 39.1 Å². The van der Waals surface area contributed by atoms with E-state index in [2.05, 4.69) is 21.2 Å². The molecule has 0 aliphatic rings. The number of carbonyl (C=O) groups is 2. The van der Waals surface area contributed by atoms with E-state index in [1.165, 1.54) is 17.0 Å². The topological polar surface area (TPSA) is 86.8 Å². The molecule has 0 spiro atoms. The number of anilines is 1. The summed E-state index contributed by atoms with van der Waals surface area (Å²) >= 11 is 16.2. The smallest absolute Gasteiger partial charge is 0.264 e. The summed E-state index contributed by atoms with van der Waals surface area (Å²) in [7, 11) is -4.16. The fourth-order valence-electron chi connectivity index (χ4n) is 3.89. The first-order valence-electron chi connectivity index (χ1n) is 12.7. The van der Waals surface area contributed by atoms with Crippen LogP contribution in [0, 0.1) is 12.8 Å². The van der Waals surface area contributed by atoms with Crippen LogP contribution in [0.5, 0.6) is 0 Å². The zero-order chi connectivity index (χ0) is 29.6. The molecule has 0 fully saturated rings. The Kier molecular flexibility index (Phi) is 11.1. The van der Waals surface area contributed by atoms with E-state index < -0.39 is 28.5 Å². The van der Waals surface area contributed by atoms with Crippen LogP contribution in [0.25, 0.3) is 0 Å².